The Balaban J connectivity index is 1.33. The Bertz CT molecular complexity index is 1380. The lowest BCUT2D eigenvalue weighted by atomic mass is 9.99. The number of aromatic nitrogens is 5. The van der Waals surface area contributed by atoms with Crippen molar-refractivity contribution in [3.05, 3.63) is 59.7 Å². The third-order valence-corrected chi connectivity index (χ3v) is 7.14. The molecule has 4 aromatic heterocycles. The maximum Gasteiger partial charge on any atom is 0.273 e. The second-order valence-corrected chi connectivity index (χ2v) is 9.72. The predicted molar refractivity (Wildman–Crippen MR) is 131 cm³/mol. The summed E-state index contributed by atoms with van der Waals surface area (Å²) in [6.07, 6.45) is 7.91. The molecule has 8 heteroatoms. The molecule has 0 N–H and O–H groups in total. The molecule has 2 fully saturated rings. The number of anilines is 1. The lowest BCUT2D eigenvalue weighted by Gasteiger charge is -2.34. The van der Waals surface area contributed by atoms with Crippen molar-refractivity contribution in [1.82, 2.24) is 29.5 Å². The second-order valence-electron chi connectivity index (χ2n) is 9.72. The number of rotatable bonds is 3. The molecular weight excluding hydrogens is 426 g/mol. The topological polar surface area (TPSA) is 79.5 Å². The minimum Gasteiger partial charge on any atom is -0.356 e. The summed E-state index contributed by atoms with van der Waals surface area (Å²) in [7, 11) is 0. The molecule has 174 valence electrons. The number of pyridine rings is 2. The van der Waals surface area contributed by atoms with Gasteiger partial charge in [-0.15, -0.1) is 0 Å². The average Bonchev–Trinajstić information content (AvgIpc) is 3.48. The van der Waals surface area contributed by atoms with E-state index in [2.05, 4.69) is 34.9 Å². The molecule has 1 amide bonds. The summed E-state index contributed by atoms with van der Waals surface area (Å²) in [6.45, 7) is 7.18. The first-order chi connectivity index (χ1) is 16.6. The number of hydrogen-bond donors (Lipinski definition) is 0. The van der Waals surface area contributed by atoms with E-state index in [-0.39, 0.29) is 11.9 Å². The Morgan fingerprint density at radius 3 is 2.85 bits per heavy atom. The summed E-state index contributed by atoms with van der Waals surface area (Å²) in [5.74, 6) is 1.68. The largest absolute Gasteiger partial charge is 0.356 e. The molecule has 0 bridgehead atoms. The summed E-state index contributed by atoms with van der Waals surface area (Å²) in [4.78, 5) is 31.7. The predicted octanol–water partition coefficient (Wildman–Crippen LogP) is 4.19. The van der Waals surface area contributed by atoms with Crippen molar-refractivity contribution in [1.29, 1.82) is 0 Å². The number of hydrogen-bond acceptors (Lipinski definition) is 6. The molecule has 0 unspecified atom stereocenters. The summed E-state index contributed by atoms with van der Waals surface area (Å²) in [5.41, 5.74) is 3.88. The van der Waals surface area contributed by atoms with Crippen molar-refractivity contribution in [2.24, 2.45) is 5.92 Å². The third-order valence-electron chi connectivity index (χ3n) is 7.14. The molecule has 8 nitrogen and oxygen atoms in total. The molecule has 2 atom stereocenters. The van der Waals surface area contributed by atoms with E-state index >= 15 is 0 Å². The van der Waals surface area contributed by atoms with Crippen LogP contribution in [0.5, 0.6) is 0 Å². The fourth-order valence-electron chi connectivity index (χ4n) is 5.33. The number of aryl methyl sites for hydroxylation is 1. The van der Waals surface area contributed by atoms with Gasteiger partial charge in [0, 0.05) is 49.0 Å². The van der Waals surface area contributed by atoms with Gasteiger partial charge < -0.3 is 9.80 Å². The maximum absolute atomic E-state index is 13.5. The van der Waals surface area contributed by atoms with Crippen LogP contribution in [0, 0.1) is 12.8 Å². The summed E-state index contributed by atoms with van der Waals surface area (Å²) >= 11 is 0. The second kappa shape index (κ2) is 8.34. The van der Waals surface area contributed by atoms with Crippen LogP contribution in [-0.4, -0.2) is 55.0 Å². The molecule has 0 aromatic carbocycles. The van der Waals surface area contributed by atoms with Crippen molar-refractivity contribution in [2.45, 2.75) is 45.6 Å². The number of amides is 1. The first-order valence-corrected chi connectivity index (χ1v) is 12.2. The Morgan fingerprint density at radius 1 is 1.09 bits per heavy atom. The number of likely N-dealkylation sites (tertiary alicyclic amines) is 1. The Morgan fingerprint density at radius 2 is 2.00 bits per heavy atom. The standard InChI is InChI=1S/C26H29N7O/c1-17-10-13-31(15-17)25-18(2)16-33-23(29-25)14-21(30-33)22-7-3-4-12-32(22)26(34)20-9-8-19-6-5-11-27-24(19)28-20/h5-6,8-9,11,14,16-17,22H,3-4,7,10,12-13,15H2,1-2H3/t17-,22-/m0/s1. The normalized spacial score (nSPS) is 21.0. The smallest absolute Gasteiger partial charge is 0.273 e. The molecule has 2 aliphatic heterocycles. The number of nitrogens with zero attached hydrogens (tertiary/aromatic N) is 7. The number of piperidine rings is 1. The van der Waals surface area contributed by atoms with Gasteiger partial charge in [0.1, 0.15) is 11.5 Å². The van der Waals surface area contributed by atoms with Gasteiger partial charge in [0.2, 0.25) is 0 Å². The quantitative estimate of drug-likeness (QED) is 0.461. The molecule has 0 radical (unpaired) electrons. The van der Waals surface area contributed by atoms with E-state index in [0.717, 1.165) is 60.5 Å². The molecule has 4 aromatic rings. The summed E-state index contributed by atoms with van der Waals surface area (Å²) < 4.78 is 1.86. The molecule has 0 spiro atoms. The van der Waals surface area contributed by atoms with Crippen LogP contribution in [0.15, 0.2) is 42.7 Å². The Kier molecular flexibility index (Phi) is 5.16. The van der Waals surface area contributed by atoms with Gasteiger partial charge in [-0.2, -0.15) is 5.10 Å². The van der Waals surface area contributed by atoms with E-state index in [1.807, 2.05) is 33.7 Å². The van der Waals surface area contributed by atoms with Crippen molar-refractivity contribution in [3.63, 3.8) is 0 Å². The van der Waals surface area contributed by atoms with Crippen LogP contribution >= 0.6 is 0 Å². The number of carbonyl (C=O) groups is 1. The zero-order valence-corrected chi connectivity index (χ0v) is 19.7. The first kappa shape index (κ1) is 21.0. The van der Waals surface area contributed by atoms with Gasteiger partial charge in [-0.25, -0.2) is 19.5 Å². The highest BCUT2D eigenvalue weighted by atomic mass is 16.2. The van der Waals surface area contributed by atoms with Gasteiger partial charge in [-0.3, -0.25) is 4.79 Å². The van der Waals surface area contributed by atoms with Crippen LogP contribution in [0.4, 0.5) is 5.82 Å². The number of fused-ring (bicyclic) bond motifs is 2. The molecule has 0 saturated carbocycles. The molecular formula is C26H29N7O. The lowest BCUT2D eigenvalue weighted by molar-refractivity contribution is 0.0600. The first-order valence-electron chi connectivity index (χ1n) is 12.2. The molecule has 6 rings (SSSR count). The van der Waals surface area contributed by atoms with E-state index in [0.29, 0.717) is 23.8 Å². The highest BCUT2D eigenvalue weighted by Crippen LogP contribution is 2.33. The number of carbonyl (C=O) groups excluding carboxylic acids is 1. The minimum atomic E-state index is -0.0836. The van der Waals surface area contributed by atoms with Crippen molar-refractivity contribution >= 4 is 28.4 Å². The molecule has 2 saturated heterocycles. The van der Waals surface area contributed by atoms with E-state index in [1.165, 1.54) is 6.42 Å². The van der Waals surface area contributed by atoms with Crippen LogP contribution < -0.4 is 4.90 Å². The highest BCUT2D eigenvalue weighted by Gasteiger charge is 2.32. The SMILES string of the molecule is Cc1cn2nc([C@@H]3CCCCN3C(=O)c3ccc4cccnc4n3)cc2nc1N1CC[C@H](C)C1. The Labute approximate surface area is 198 Å². The molecule has 0 aliphatic carbocycles. The zero-order chi connectivity index (χ0) is 23.2. The monoisotopic (exact) mass is 455 g/mol. The maximum atomic E-state index is 13.5. The van der Waals surface area contributed by atoms with Crippen molar-refractivity contribution in [2.75, 3.05) is 24.5 Å². The molecule has 6 heterocycles. The van der Waals surface area contributed by atoms with Crippen LogP contribution in [0.2, 0.25) is 0 Å². The fourth-order valence-corrected chi connectivity index (χ4v) is 5.33. The van der Waals surface area contributed by atoms with Crippen molar-refractivity contribution in [3.8, 4) is 0 Å². The van der Waals surface area contributed by atoms with Crippen LogP contribution in [0.3, 0.4) is 0 Å². The minimum absolute atomic E-state index is 0.0646. The van der Waals surface area contributed by atoms with Gasteiger partial charge in [0.05, 0.1) is 11.7 Å². The third kappa shape index (κ3) is 3.67. The van der Waals surface area contributed by atoms with E-state index in [9.17, 15) is 4.79 Å². The average molecular weight is 456 g/mol. The Hall–Kier alpha value is -3.55. The summed E-state index contributed by atoms with van der Waals surface area (Å²) in [6, 6.07) is 9.51. The molecule has 34 heavy (non-hydrogen) atoms. The van der Waals surface area contributed by atoms with Gasteiger partial charge in [-0.05, 0) is 62.8 Å². The highest BCUT2D eigenvalue weighted by molar-refractivity contribution is 5.94. The van der Waals surface area contributed by atoms with Gasteiger partial charge in [0.15, 0.2) is 11.3 Å². The summed E-state index contributed by atoms with van der Waals surface area (Å²) in [5, 5.41) is 5.80. The zero-order valence-electron chi connectivity index (χ0n) is 19.7. The van der Waals surface area contributed by atoms with Crippen LogP contribution in [0.25, 0.3) is 16.7 Å². The lowest BCUT2D eigenvalue weighted by Crippen LogP contribution is -2.39. The van der Waals surface area contributed by atoms with Gasteiger partial charge in [0.25, 0.3) is 5.91 Å². The van der Waals surface area contributed by atoms with Crippen LogP contribution in [0.1, 0.15) is 60.4 Å². The van der Waals surface area contributed by atoms with Crippen molar-refractivity contribution < 1.29 is 4.79 Å². The van der Waals surface area contributed by atoms with Gasteiger partial charge in [-0.1, -0.05) is 6.92 Å². The van der Waals surface area contributed by atoms with E-state index in [4.69, 9.17) is 10.1 Å². The molecule has 2 aliphatic rings. The van der Waals surface area contributed by atoms with Gasteiger partial charge >= 0.3 is 0 Å². The van der Waals surface area contributed by atoms with Crippen LogP contribution in [-0.2, 0) is 0 Å². The van der Waals surface area contributed by atoms with E-state index in [1.54, 1.807) is 12.3 Å². The van der Waals surface area contributed by atoms with E-state index < -0.39 is 0 Å². The fraction of sp³-hybridized carbons (Fsp3) is 0.423.